The molecule has 1 fully saturated rings. The van der Waals surface area contributed by atoms with Gasteiger partial charge in [0.15, 0.2) is 0 Å². The van der Waals surface area contributed by atoms with Gasteiger partial charge >= 0.3 is 11.9 Å². The Balaban J connectivity index is 2.71. The second kappa shape index (κ2) is 7.04. The zero-order valence-electron chi connectivity index (χ0n) is 11.6. The van der Waals surface area contributed by atoms with Crippen LogP contribution in [0.15, 0.2) is 12.2 Å². The van der Waals surface area contributed by atoms with Crippen molar-refractivity contribution < 1.29 is 24.6 Å². The summed E-state index contributed by atoms with van der Waals surface area (Å²) in [6.45, 7) is 3.62. The zero-order chi connectivity index (χ0) is 15.3. The summed E-state index contributed by atoms with van der Waals surface area (Å²) in [7, 11) is 0. The third-order valence-electron chi connectivity index (χ3n) is 3.27. The number of amides is 1. The summed E-state index contributed by atoms with van der Waals surface area (Å²) in [5.41, 5.74) is 0. The van der Waals surface area contributed by atoms with Gasteiger partial charge in [-0.15, -0.1) is 0 Å². The van der Waals surface area contributed by atoms with Crippen LogP contribution in [0.3, 0.4) is 0 Å². The van der Waals surface area contributed by atoms with Crippen LogP contribution in [0.2, 0.25) is 0 Å². The van der Waals surface area contributed by atoms with E-state index in [4.69, 9.17) is 10.2 Å². The first-order chi connectivity index (χ1) is 9.38. The lowest BCUT2D eigenvalue weighted by molar-refractivity contribution is -0.149. The minimum atomic E-state index is -1.08. The van der Waals surface area contributed by atoms with E-state index in [0.29, 0.717) is 19.4 Å². The predicted molar refractivity (Wildman–Crippen MR) is 71.2 cm³/mol. The average Bonchev–Trinajstić information content (AvgIpc) is 2.86. The lowest BCUT2D eigenvalue weighted by Crippen LogP contribution is -2.52. The normalized spacial score (nSPS) is 21.9. The maximum absolute atomic E-state index is 12.2. The molecule has 1 aliphatic rings. The van der Waals surface area contributed by atoms with E-state index in [2.05, 4.69) is 5.32 Å². The Kier molecular flexibility index (Phi) is 5.69. The topological polar surface area (TPSA) is 107 Å². The second-order valence-corrected chi connectivity index (χ2v) is 4.76. The summed E-state index contributed by atoms with van der Waals surface area (Å²) in [6.07, 6.45) is 4.10. The standard InChI is InChI=1S/C13H20N2O5/c1-3-5-9(12(17)18)14-8(2)11(16)15-7-4-6-10(15)13(19)20/h3,5,8-10,14H,4,6-7H2,1-2H3,(H,17,18)(H,19,20)/b5-3+/t8-,9-,10-/m0/s1. The summed E-state index contributed by atoms with van der Waals surface area (Å²) in [4.78, 5) is 35.6. The van der Waals surface area contributed by atoms with Crippen LogP contribution in [0.25, 0.3) is 0 Å². The van der Waals surface area contributed by atoms with E-state index < -0.39 is 30.1 Å². The Hall–Kier alpha value is -1.89. The number of carboxylic acid groups (broad SMARTS) is 2. The Morgan fingerprint density at radius 3 is 2.50 bits per heavy atom. The number of carbonyl (C=O) groups excluding carboxylic acids is 1. The van der Waals surface area contributed by atoms with E-state index in [1.54, 1.807) is 19.9 Å². The molecule has 0 aliphatic carbocycles. The number of nitrogens with zero attached hydrogens (tertiary/aromatic N) is 1. The third kappa shape index (κ3) is 3.80. The van der Waals surface area contributed by atoms with Crippen molar-refractivity contribution in [3.05, 3.63) is 12.2 Å². The molecule has 1 saturated heterocycles. The van der Waals surface area contributed by atoms with Gasteiger partial charge in [-0.2, -0.15) is 0 Å². The van der Waals surface area contributed by atoms with Crippen molar-refractivity contribution in [3.63, 3.8) is 0 Å². The van der Waals surface area contributed by atoms with Gasteiger partial charge in [-0.25, -0.2) is 4.79 Å². The van der Waals surface area contributed by atoms with Gasteiger partial charge in [0.2, 0.25) is 5.91 Å². The Morgan fingerprint density at radius 1 is 1.35 bits per heavy atom. The number of likely N-dealkylation sites (tertiary alicyclic amines) is 1. The number of nitrogens with one attached hydrogen (secondary N) is 1. The lowest BCUT2D eigenvalue weighted by Gasteiger charge is -2.26. The van der Waals surface area contributed by atoms with Crippen molar-refractivity contribution in [1.29, 1.82) is 0 Å². The van der Waals surface area contributed by atoms with Crippen molar-refractivity contribution in [1.82, 2.24) is 10.2 Å². The minimum Gasteiger partial charge on any atom is -0.480 e. The van der Waals surface area contributed by atoms with Crippen molar-refractivity contribution >= 4 is 17.8 Å². The molecule has 0 saturated carbocycles. The summed E-state index contributed by atoms with van der Waals surface area (Å²) in [5, 5.41) is 20.7. The molecule has 0 bridgehead atoms. The molecule has 3 N–H and O–H groups in total. The van der Waals surface area contributed by atoms with Gasteiger partial charge in [-0.3, -0.25) is 14.9 Å². The molecular weight excluding hydrogens is 264 g/mol. The van der Waals surface area contributed by atoms with Crippen molar-refractivity contribution in [2.24, 2.45) is 0 Å². The number of hydrogen-bond acceptors (Lipinski definition) is 4. The fraction of sp³-hybridized carbons (Fsp3) is 0.615. The van der Waals surface area contributed by atoms with Gasteiger partial charge in [-0.1, -0.05) is 12.2 Å². The molecule has 0 unspecified atom stereocenters. The smallest absolute Gasteiger partial charge is 0.326 e. The molecule has 20 heavy (non-hydrogen) atoms. The van der Waals surface area contributed by atoms with Crippen LogP contribution in [0.4, 0.5) is 0 Å². The lowest BCUT2D eigenvalue weighted by atomic mass is 10.2. The molecule has 0 aromatic rings. The molecule has 1 heterocycles. The van der Waals surface area contributed by atoms with Crippen LogP contribution < -0.4 is 5.32 Å². The first-order valence-electron chi connectivity index (χ1n) is 6.53. The molecule has 0 spiro atoms. The maximum Gasteiger partial charge on any atom is 0.326 e. The van der Waals surface area contributed by atoms with Gasteiger partial charge in [0.1, 0.15) is 12.1 Å². The first kappa shape index (κ1) is 16.2. The summed E-state index contributed by atoms with van der Waals surface area (Å²) >= 11 is 0. The summed E-state index contributed by atoms with van der Waals surface area (Å²) < 4.78 is 0. The molecule has 0 radical (unpaired) electrons. The van der Waals surface area contributed by atoms with Crippen LogP contribution in [0.1, 0.15) is 26.7 Å². The van der Waals surface area contributed by atoms with Crippen LogP contribution >= 0.6 is 0 Å². The molecule has 112 valence electrons. The molecule has 7 nitrogen and oxygen atoms in total. The van der Waals surface area contributed by atoms with Gasteiger partial charge in [0.05, 0.1) is 6.04 Å². The molecular formula is C13H20N2O5. The third-order valence-corrected chi connectivity index (χ3v) is 3.27. The van der Waals surface area contributed by atoms with Crippen LogP contribution in [-0.2, 0) is 14.4 Å². The van der Waals surface area contributed by atoms with Crippen LogP contribution in [0.5, 0.6) is 0 Å². The summed E-state index contributed by atoms with van der Waals surface area (Å²) in [6, 6.07) is -2.53. The van der Waals surface area contributed by atoms with Gasteiger partial charge in [-0.05, 0) is 26.7 Å². The van der Waals surface area contributed by atoms with E-state index >= 15 is 0 Å². The highest BCUT2D eigenvalue weighted by Crippen LogP contribution is 2.18. The van der Waals surface area contributed by atoms with E-state index in [1.165, 1.54) is 11.0 Å². The Morgan fingerprint density at radius 2 is 2.00 bits per heavy atom. The SMILES string of the molecule is C/C=C/[C@H](N[C@@H](C)C(=O)N1CCC[C@H]1C(=O)O)C(=O)O. The minimum absolute atomic E-state index is 0.384. The molecule has 1 aliphatic heterocycles. The Labute approximate surface area is 117 Å². The molecule has 1 amide bonds. The fourth-order valence-electron chi connectivity index (χ4n) is 2.28. The predicted octanol–water partition coefficient (Wildman–Crippen LogP) is 0.0694. The Bertz CT molecular complexity index is 421. The largest absolute Gasteiger partial charge is 0.480 e. The maximum atomic E-state index is 12.2. The van der Waals surface area contributed by atoms with Gasteiger partial charge in [0.25, 0.3) is 0 Å². The quantitative estimate of drug-likeness (QED) is 0.596. The molecule has 7 heteroatoms. The number of carboxylic acids is 2. The van der Waals surface area contributed by atoms with Gasteiger partial charge in [0, 0.05) is 6.54 Å². The fourth-order valence-corrected chi connectivity index (χ4v) is 2.28. The highest BCUT2D eigenvalue weighted by molar-refractivity contribution is 5.88. The van der Waals surface area contributed by atoms with Crippen LogP contribution in [0, 0.1) is 0 Å². The highest BCUT2D eigenvalue weighted by Gasteiger charge is 2.36. The first-order valence-corrected chi connectivity index (χ1v) is 6.53. The van der Waals surface area contributed by atoms with Crippen molar-refractivity contribution in [2.45, 2.75) is 44.8 Å². The van der Waals surface area contributed by atoms with E-state index in [-0.39, 0.29) is 5.91 Å². The number of carbonyl (C=O) groups is 3. The molecule has 0 aromatic heterocycles. The molecule has 0 aromatic carbocycles. The number of allylic oxidation sites excluding steroid dienone is 1. The van der Waals surface area contributed by atoms with E-state index in [0.717, 1.165) is 0 Å². The number of rotatable bonds is 6. The highest BCUT2D eigenvalue weighted by atomic mass is 16.4. The van der Waals surface area contributed by atoms with E-state index in [9.17, 15) is 14.4 Å². The van der Waals surface area contributed by atoms with Crippen LogP contribution in [-0.4, -0.2) is 57.6 Å². The molecule has 3 atom stereocenters. The second-order valence-electron chi connectivity index (χ2n) is 4.76. The summed E-state index contributed by atoms with van der Waals surface area (Å²) in [5.74, 6) is -2.49. The van der Waals surface area contributed by atoms with Gasteiger partial charge < -0.3 is 15.1 Å². The number of hydrogen-bond donors (Lipinski definition) is 3. The zero-order valence-corrected chi connectivity index (χ0v) is 11.6. The van der Waals surface area contributed by atoms with Crippen molar-refractivity contribution in [2.75, 3.05) is 6.54 Å². The number of aliphatic carboxylic acids is 2. The van der Waals surface area contributed by atoms with E-state index in [1.807, 2.05) is 0 Å². The molecule has 1 rings (SSSR count). The average molecular weight is 284 g/mol. The monoisotopic (exact) mass is 284 g/mol. The van der Waals surface area contributed by atoms with Crippen molar-refractivity contribution in [3.8, 4) is 0 Å².